The van der Waals surface area contributed by atoms with Crippen LogP contribution in [0.4, 0.5) is 4.39 Å². The Kier molecular flexibility index (Phi) is 6.47. The molecule has 1 N–H and O–H groups in total. The van der Waals surface area contributed by atoms with Crippen molar-refractivity contribution in [1.29, 1.82) is 5.26 Å². The van der Waals surface area contributed by atoms with Gasteiger partial charge in [0.05, 0.1) is 12.7 Å². The van der Waals surface area contributed by atoms with E-state index in [0.29, 0.717) is 6.61 Å². The second kappa shape index (κ2) is 7.86. The highest BCUT2D eigenvalue weighted by Gasteiger charge is 2.23. The molecule has 0 saturated heterocycles. The summed E-state index contributed by atoms with van der Waals surface area (Å²) < 4.78 is 18.7. The number of nitrogens with one attached hydrogen (secondary N) is 1. The minimum atomic E-state index is -0.508. The van der Waals surface area contributed by atoms with Gasteiger partial charge in [0.2, 0.25) is 0 Å². The highest BCUT2D eigenvalue weighted by Crippen LogP contribution is 2.17. The lowest BCUT2D eigenvalue weighted by Gasteiger charge is -2.25. The quantitative estimate of drug-likeness (QED) is 0.738. The molecule has 110 valence electrons. The van der Waals surface area contributed by atoms with Crippen molar-refractivity contribution < 1.29 is 9.13 Å². The number of halogens is 1. The van der Waals surface area contributed by atoms with Crippen LogP contribution in [0, 0.1) is 17.1 Å². The molecule has 4 heteroatoms. The van der Waals surface area contributed by atoms with Crippen molar-refractivity contribution in [3.63, 3.8) is 0 Å². The Morgan fingerprint density at radius 1 is 1.35 bits per heavy atom. The molecule has 20 heavy (non-hydrogen) atoms. The summed E-state index contributed by atoms with van der Waals surface area (Å²) in [5.74, 6) is -0.0494. The summed E-state index contributed by atoms with van der Waals surface area (Å²) in [5, 5.41) is 12.5. The maximum atomic E-state index is 13.3. The molecule has 1 unspecified atom stereocenters. The van der Waals surface area contributed by atoms with Crippen molar-refractivity contribution in [1.82, 2.24) is 5.32 Å². The molecule has 0 heterocycles. The molecule has 1 atom stereocenters. The van der Waals surface area contributed by atoms with Gasteiger partial charge in [0.15, 0.2) is 11.6 Å². The van der Waals surface area contributed by atoms with E-state index in [1.165, 1.54) is 6.07 Å². The first-order valence-electron chi connectivity index (χ1n) is 7.03. The molecule has 1 aromatic carbocycles. The van der Waals surface area contributed by atoms with Gasteiger partial charge in [0.1, 0.15) is 5.54 Å². The molecule has 0 amide bonds. The zero-order chi connectivity index (χ0) is 15.0. The number of nitrogens with zero attached hydrogens (tertiary/aromatic N) is 1. The summed E-state index contributed by atoms with van der Waals surface area (Å²) in [6.45, 7) is 6.42. The Morgan fingerprint density at radius 2 is 2.05 bits per heavy atom. The molecule has 1 rings (SSSR count). The number of hydrogen-bond acceptors (Lipinski definition) is 3. The summed E-state index contributed by atoms with van der Waals surface area (Å²) in [4.78, 5) is 0. The van der Waals surface area contributed by atoms with E-state index in [1.807, 2.05) is 20.8 Å². The molecule has 0 radical (unpaired) electrons. The summed E-state index contributed by atoms with van der Waals surface area (Å²) in [5.41, 5.74) is -0.508. The number of rotatable bonds is 8. The fourth-order valence-corrected chi connectivity index (χ4v) is 2.12. The van der Waals surface area contributed by atoms with Gasteiger partial charge in [-0.1, -0.05) is 12.1 Å². The normalized spacial score (nSPS) is 13.8. The molecular formula is C16H23FN2O. The van der Waals surface area contributed by atoms with E-state index in [4.69, 9.17) is 4.74 Å². The average molecular weight is 278 g/mol. The molecule has 0 aromatic heterocycles. The van der Waals surface area contributed by atoms with Crippen LogP contribution in [0.25, 0.3) is 0 Å². The third-order valence-electron chi connectivity index (χ3n) is 3.02. The maximum absolute atomic E-state index is 13.3. The van der Waals surface area contributed by atoms with Crippen LogP contribution in [-0.4, -0.2) is 18.2 Å². The van der Waals surface area contributed by atoms with Crippen molar-refractivity contribution in [2.75, 3.05) is 6.61 Å². The summed E-state index contributed by atoms with van der Waals surface area (Å²) in [6.07, 6.45) is 2.41. The predicted molar refractivity (Wildman–Crippen MR) is 78.0 cm³/mol. The Bertz CT molecular complexity index is 456. The van der Waals surface area contributed by atoms with Crippen molar-refractivity contribution in [3.05, 3.63) is 30.1 Å². The van der Waals surface area contributed by atoms with Crippen LogP contribution in [0.5, 0.6) is 5.75 Å². The zero-order valence-corrected chi connectivity index (χ0v) is 12.4. The lowest BCUT2D eigenvalue weighted by atomic mass is 9.96. The molecule has 0 aliphatic carbocycles. The van der Waals surface area contributed by atoms with Crippen molar-refractivity contribution in [2.45, 2.75) is 51.6 Å². The maximum Gasteiger partial charge on any atom is 0.165 e. The topological polar surface area (TPSA) is 45.0 Å². The van der Waals surface area contributed by atoms with Crippen LogP contribution in [0.15, 0.2) is 24.3 Å². The van der Waals surface area contributed by atoms with Crippen molar-refractivity contribution in [3.8, 4) is 11.8 Å². The molecule has 3 nitrogen and oxygen atoms in total. The van der Waals surface area contributed by atoms with Crippen molar-refractivity contribution in [2.24, 2.45) is 0 Å². The monoisotopic (exact) mass is 278 g/mol. The van der Waals surface area contributed by atoms with Gasteiger partial charge in [0.25, 0.3) is 0 Å². The van der Waals surface area contributed by atoms with Crippen LogP contribution in [-0.2, 0) is 0 Å². The fraction of sp³-hybridized carbons (Fsp3) is 0.562. The van der Waals surface area contributed by atoms with Gasteiger partial charge in [0, 0.05) is 6.04 Å². The van der Waals surface area contributed by atoms with E-state index in [9.17, 15) is 9.65 Å². The van der Waals surface area contributed by atoms with Gasteiger partial charge in [-0.25, -0.2) is 4.39 Å². The van der Waals surface area contributed by atoms with Gasteiger partial charge in [-0.05, 0) is 52.2 Å². The van der Waals surface area contributed by atoms with Gasteiger partial charge in [-0.15, -0.1) is 0 Å². The third-order valence-corrected chi connectivity index (χ3v) is 3.02. The zero-order valence-electron chi connectivity index (χ0n) is 12.4. The van der Waals surface area contributed by atoms with Crippen LogP contribution in [0.1, 0.15) is 40.0 Å². The lowest BCUT2D eigenvalue weighted by molar-refractivity contribution is 0.280. The van der Waals surface area contributed by atoms with E-state index in [0.717, 1.165) is 19.3 Å². The number of ether oxygens (including phenoxy) is 1. The van der Waals surface area contributed by atoms with Crippen LogP contribution < -0.4 is 10.1 Å². The van der Waals surface area contributed by atoms with Gasteiger partial charge in [-0.2, -0.15) is 5.26 Å². The Balaban J connectivity index is 2.28. The van der Waals surface area contributed by atoms with Gasteiger partial charge in [-0.3, -0.25) is 5.32 Å². The second-order valence-electron chi connectivity index (χ2n) is 5.48. The minimum absolute atomic E-state index is 0.273. The first kappa shape index (κ1) is 16.5. The SMILES string of the molecule is CC(C)NC(C)(C#N)CCCCOc1ccccc1F. The summed E-state index contributed by atoms with van der Waals surface area (Å²) in [7, 11) is 0. The van der Waals surface area contributed by atoms with E-state index < -0.39 is 5.54 Å². The molecule has 0 fully saturated rings. The Morgan fingerprint density at radius 3 is 2.65 bits per heavy atom. The van der Waals surface area contributed by atoms with E-state index in [2.05, 4.69) is 11.4 Å². The summed E-state index contributed by atoms with van der Waals surface area (Å²) in [6, 6.07) is 8.98. The van der Waals surface area contributed by atoms with E-state index in [-0.39, 0.29) is 17.6 Å². The first-order valence-corrected chi connectivity index (χ1v) is 7.03. The molecular weight excluding hydrogens is 255 g/mol. The highest BCUT2D eigenvalue weighted by molar-refractivity contribution is 5.23. The van der Waals surface area contributed by atoms with Crippen molar-refractivity contribution >= 4 is 0 Å². The lowest BCUT2D eigenvalue weighted by Crippen LogP contribution is -2.44. The molecule has 0 spiro atoms. The van der Waals surface area contributed by atoms with E-state index in [1.54, 1.807) is 18.2 Å². The smallest absolute Gasteiger partial charge is 0.165 e. The number of nitriles is 1. The summed E-state index contributed by atoms with van der Waals surface area (Å²) >= 11 is 0. The molecule has 0 bridgehead atoms. The average Bonchev–Trinajstić information content (AvgIpc) is 2.39. The Labute approximate surface area is 120 Å². The van der Waals surface area contributed by atoms with Gasteiger partial charge >= 0.3 is 0 Å². The van der Waals surface area contributed by atoms with Crippen LogP contribution in [0.3, 0.4) is 0 Å². The largest absolute Gasteiger partial charge is 0.491 e. The standard InChI is InChI=1S/C16H23FN2O/c1-13(2)19-16(3,12-18)10-6-7-11-20-15-9-5-4-8-14(15)17/h4-5,8-9,13,19H,6-7,10-11H2,1-3H3. The second-order valence-corrected chi connectivity index (χ2v) is 5.48. The molecule has 0 aliphatic rings. The van der Waals surface area contributed by atoms with Crippen LogP contribution >= 0.6 is 0 Å². The van der Waals surface area contributed by atoms with Gasteiger partial charge < -0.3 is 4.74 Å². The molecule has 0 aliphatic heterocycles. The number of para-hydroxylation sites is 1. The number of benzene rings is 1. The number of unbranched alkanes of at least 4 members (excludes halogenated alkanes) is 1. The number of hydrogen-bond donors (Lipinski definition) is 1. The molecule has 1 aromatic rings. The minimum Gasteiger partial charge on any atom is -0.491 e. The van der Waals surface area contributed by atoms with Crippen LogP contribution in [0.2, 0.25) is 0 Å². The highest BCUT2D eigenvalue weighted by atomic mass is 19.1. The predicted octanol–water partition coefficient (Wildman–Crippen LogP) is 3.66. The Hall–Kier alpha value is -1.60. The molecule has 0 saturated carbocycles. The first-order chi connectivity index (χ1) is 9.47. The third kappa shape index (κ3) is 5.58. The van der Waals surface area contributed by atoms with E-state index >= 15 is 0 Å². The fourth-order valence-electron chi connectivity index (χ4n) is 2.12.